The van der Waals surface area contributed by atoms with E-state index in [9.17, 15) is 22.8 Å². The number of hydrogen-bond donors (Lipinski definition) is 1. The minimum absolute atomic E-state index is 0.0221. The van der Waals surface area contributed by atoms with E-state index in [1.807, 2.05) is 36.4 Å². The van der Waals surface area contributed by atoms with Crippen molar-refractivity contribution in [2.24, 2.45) is 0 Å². The average Bonchev–Trinajstić information content (AvgIpc) is 3.05. The van der Waals surface area contributed by atoms with Crippen LogP contribution in [-0.4, -0.2) is 54.3 Å². The van der Waals surface area contributed by atoms with E-state index < -0.39 is 17.3 Å². The third-order valence-electron chi connectivity index (χ3n) is 7.08. The minimum Gasteiger partial charge on any atom is -0.378 e. The highest BCUT2D eigenvalue weighted by molar-refractivity contribution is 7.99. The summed E-state index contributed by atoms with van der Waals surface area (Å²) in [6.07, 6.45) is -4.46. The van der Waals surface area contributed by atoms with Crippen LogP contribution in [0.15, 0.2) is 77.7 Å². The molecule has 3 aromatic rings. The molecule has 0 spiro atoms. The van der Waals surface area contributed by atoms with Gasteiger partial charge in [-0.15, -0.1) is 11.8 Å². The van der Waals surface area contributed by atoms with Gasteiger partial charge in [0.25, 0.3) is 11.8 Å². The molecule has 2 amide bonds. The van der Waals surface area contributed by atoms with E-state index >= 15 is 0 Å². The normalized spacial score (nSPS) is 19.8. The summed E-state index contributed by atoms with van der Waals surface area (Å²) >= 11 is 1.41. The molecule has 1 fully saturated rings. The van der Waals surface area contributed by atoms with Gasteiger partial charge in [-0.1, -0.05) is 24.3 Å². The Morgan fingerprint density at radius 1 is 1.00 bits per heavy atom. The Bertz CT molecular complexity index is 1340. The van der Waals surface area contributed by atoms with Gasteiger partial charge in [0.2, 0.25) is 0 Å². The molecule has 0 aromatic heterocycles. The summed E-state index contributed by atoms with van der Waals surface area (Å²) in [6, 6.07) is 19.3. The molecule has 1 atom stereocenters. The van der Waals surface area contributed by atoms with E-state index in [4.69, 9.17) is 4.74 Å². The second-order valence-electron chi connectivity index (χ2n) is 9.75. The lowest BCUT2D eigenvalue weighted by Gasteiger charge is -2.38. The number of nitrogens with one attached hydrogen (secondary N) is 1. The molecule has 204 valence electrons. The topological polar surface area (TPSA) is 61.9 Å². The molecule has 39 heavy (non-hydrogen) atoms. The molecule has 2 heterocycles. The van der Waals surface area contributed by atoms with Crippen molar-refractivity contribution in [3.05, 3.63) is 89.5 Å². The van der Waals surface area contributed by atoms with Crippen LogP contribution in [0.25, 0.3) is 0 Å². The number of morpholine rings is 1. The molecule has 1 saturated heterocycles. The summed E-state index contributed by atoms with van der Waals surface area (Å²) in [5.74, 6) is -0.452. The van der Waals surface area contributed by atoms with Gasteiger partial charge in [-0.3, -0.25) is 9.59 Å². The summed E-state index contributed by atoms with van der Waals surface area (Å²) in [7, 11) is 0. The third kappa shape index (κ3) is 5.77. The first kappa shape index (κ1) is 27.1. The van der Waals surface area contributed by atoms with Crippen LogP contribution in [0.4, 0.5) is 24.5 Å². The van der Waals surface area contributed by atoms with Crippen LogP contribution < -0.4 is 10.2 Å². The number of ether oxygens (including phenoxy) is 1. The first-order chi connectivity index (χ1) is 18.6. The van der Waals surface area contributed by atoms with E-state index in [2.05, 4.69) is 10.2 Å². The molecule has 0 aliphatic carbocycles. The van der Waals surface area contributed by atoms with Gasteiger partial charge in [-0.05, 0) is 61.0 Å². The summed E-state index contributed by atoms with van der Waals surface area (Å²) in [4.78, 5) is 32.0. The maximum Gasteiger partial charge on any atom is 0.416 e. The average molecular weight is 556 g/mol. The maximum atomic E-state index is 13.8. The highest BCUT2D eigenvalue weighted by atomic mass is 32.2. The van der Waals surface area contributed by atoms with Crippen LogP contribution in [-0.2, 0) is 22.3 Å². The van der Waals surface area contributed by atoms with E-state index in [0.717, 1.165) is 35.8 Å². The van der Waals surface area contributed by atoms with Gasteiger partial charge >= 0.3 is 6.18 Å². The quantitative estimate of drug-likeness (QED) is 0.439. The van der Waals surface area contributed by atoms with Crippen molar-refractivity contribution in [3.63, 3.8) is 0 Å². The van der Waals surface area contributed by atoms with Crippen LogP contribution >= 0.6 is 11.8 Å². The fourth-order valence-electron chi connectivity index (χ4n) is 4.69. The van der Waals surface area contributed by atoms with Gasteiger partial charge in [-0.25, -0.2) is 0 Å². The van der Waals surface area contributed by atoms with Crippen LogP contribution in [0.5, 0.6) is 0 Å². The Labute approximate surface area is 229 Å². The van der Waals surface area contributed by atoms with Crippen molar-refractivity contribution in [1.82, 2.24) is 4.90 Å². The molecule has 10 heteroatoms. The number of halogens is 3. The summed E-state index contributed by atoms with van der Waals surface area (Å²) < 4.78 is 44.7. The molecular formula is C29H28F3N3O3S. The van der Waals surface area contributed by atoms with E-state index in [0.29, 0.717) is 30.0 Å². The lowest BCUT2D eigenvalue weighted by atomic mass is 9.97. The SMILES string of the molecule is CC1(C(=O)Nc2ccc(N3CCOCC3)cc2)CSc2ccccc2C(=O)N1Cc1ccc(C(F)(F)F)cc1. The number of nitrogens with zero attached hydrogens (tertiary/aromatic N) is 2. The molecule has 0 radical (unpaired) electrons. The predicted octanol–water partition coefficient (Wildman–Crippen LogP) is 5.69. The standard InChI is InChI=1S/C29H28F3N3O3S/c1-28(27(37)33-22-10-12-23(13-11-22)34-14-16-38-17-15-34)19-39-25-5-3-2-4-24(25)26(36)35(28)18-20-6-8-21(9-7-20)29(30,31)32/h2-13H,14-19H2,1H3,(H,33,37). The minimum atomic E-state index is -4.46. The van der Waals surface area contributed by atoms with Gasteiger partial charge in [0, 0.05) is 41.7 Å². The van der Waals surface area contributed by atoms with Crippen LogP contribution in [0.1, 0.15) is 28.4 Å². The van der Waals surface area contributed by atoms with Crippen molar-refractivity contribution >= 4 is 35.0 Å². The molecule has 1 N–H and O–H groups in total. The molecule has 2 aliphatic heterocycles. The van der Waals surface area contributed by atoms with Crippen molar-refractivity contribution in [2.45, 2.75) is 30.1 Å². The highest BCUT2D eigenvalue weighted by Crippen LogP contribution is 2.37. The number of thioether (sulfide) groups is 1. The van der Waals surface area contributed by atoms with E-state index in [-0.39, 0.29) is 24.1 Å². The fourth-order valence-corrected chi connectivity index (χ4v) is 5.90. The zero-order valence-corrected chi connectivity index (χ0v) is 22.1. The zero-order chi connectivity index (χ0) is 27.6. The zero-order valence-electron chi connectivity index (χ0n) is 21.3. The first-order valence-electron chi connectivity index (χ1n) is 12.6. The number of alkyl halides is 3. The summed E-state index contributed by atoms with van der Waals surface area (Å²) in [5, 5.41) is 2.96. The largest absolute Gasteiger partial charge is 0.416 e. The van der Waals surface area contributed by atoms with Crippen LogP contribution in [0, 0.1) is 0 Å². The summed E-state index contributed by atoms with van der Waals surface area (Å²) in [6.45, 7) is 4.60. The Morgan fingerprint density at radius 3 is 2.33 bits per heavy atom. The number of anilines is 2. The highest BCUT2D eigenvalue weighted by Gasteiger charge is 2.45. The third-order valence-corrected chi connectivity index (χ3v) is 8.45. The van der Waals surface area contributed by atoms with Gasteiger partial charge in [-0.2, -0.15) is 13.2 Å². The predicted molar refractivity (Wildman–Crippen MR) is 145 cm³/mol. The number of fused-ring (bicyclic) bond motifs is 1. The molecule has 5 rings (SSSR count). The molecule has 2 aliphatic rings. The Balaban J connectivity index is 1.41. The Hall–Kier alpha value is -3.50. The lowest BCUT2D eigenvalue weighted by Crippen LogP contribution is -2.57. The number of carbonyl (C=O) groups excluding carboxylic acids is 2. The molecule has 3 aromatic carbocycles. The van der Waals surface area contributed by atoms with Crippen molar-refractivity contribution in [3.8, 4) is 0 Å². The van der Waals surface area contributed by atoms with Crippen molar-refractivity contribution in [2.75, 3.05) is 42.3 Å². The molecular weight excluding hydrogens is 527 g/mol. The molecule has 0 saturated carbocycles. The van der Waals surface area contributed by atoms with Crippen molar-refractivity contribution in [1.29, 1.82) is 0 Å². The Kier molecular flexibility index (Phi) is 7.59. The number of carbonyl (C=O) groups is 2. The smallest absolute Gasteiger partial charge is 0.378 e. The lowest BCUT2D eigenvalue weighted by molar-refractivity contribution is -0.137. The summed E-state index contributed by atoms with van der Waals surface area (Å²) in [5.41, 5.74) is 0.520. The number of rotatable bonds is 5. The molecule has 0 bridgehead atoms. The maximum absolute atomic E-state index is 13.8. The van der Waals surface area contributed by atoms with Gasteiger partial charge in [0.1, 0.15) is 5.54 Å². The second-order valence-corrected chi connectivity index (χ2v) is 10.8. The fraction of sp³-hybridized carbons (Fsp3) is 0.310. The van der Waals surface area contributed by atoms with Crippen LogP contribution in [0.3, 0.4) is 0 Å². The van der Waals surface area contributed by atoms with E-state index in [1.165, 1.54) is 28.8 Å². The van der Waals surface area contributed by atoms with Crippen molar-refractivity contribution < 1.29 is 27.5 Å². The number of hydrogen-bond acceptors (Lipinski definition) is 5. The number of amides is 2. The molecule has 6 nitrogen and oxygen atoms in total. The first-order valence-corrected chi connectivity index (χ1v) is 13.6. The van der Waals surface area contributed by atoms with Gasteiger partial charge in [0.15, 0.2) is 0 Å². The van der Waals surface area contributed by atoms with E-state index in [1.54, 1.807) is 19.1 Å². The Morgan fingerprint density at radius 2 is 1.67 bits per heavy atom. The van der Waals surface area contributed by atoms with Gasteiger partial charge < -0.3 is 19.9 Å². The monoisotopic (exact) mass is 555 g/mol. The van der Waals surface area contributed by atoms with Gasteiger partial charge in [0.05, 0.1) is 24.3 Å². The molecule has 1 unspecified atom stereocenters. The number of benzene rings is 3. The second kappa shape index (κ2) is 10.9. The van der Waals surface area contributed by atoms with Crippen LogP contribution in [0.2, 0.25) is 0 Å².